The lowest BCUT2D eigenvalue weighted by molar-refractivity contribution is 0.0684. The van der Waals surface area contributed by atoms with E-state index in [1.165, 1.54) is 0 Å². The van der Waals surface area contributed by atoms with Gasteiger partial charge in [-0.15, -0.1) is 0 Å². The maximum Gasteiger partial charge on any atom is 0.254 e. The monoisotopic (exact) mass is 340 g/mol. The van der Waals surface area contributed by atoms with Gasteiger partial charge in [0, 0.05) is 38.4 Å². The first-order chi connectivity index (χ1) is 12.0. The first kappa shape index (κ1) is 17.2. The van der Waals surface area contributed by atoms with Crippen LogP contribution in [0, 0.1) is 12.8 Å². The van der Waals surface area contributed by atoms with Gasteiger partial charge in [-0.25, -0.2) is 0 Å². The van der Waals surface area contributed by atoms with Gasteiger partial charge in [-0.05, 0) is 37.8 Å². The highest BCUT2D eigenvalue weighted by Crippen LogP contribution is 2.18. The van der Waals surface area contributed by atoms with Gasteiger partial charge in [0.15, 0.2) is 0 Å². The van der Waals surface area contributed by atoms with E-state index in [4.69, 9.17) is 0 Å². The van der Waals surface area contributed by atoms with Crippen LogP contribution in [0.4, 0.5) is 0 Å². The van der Waals surface area contributed by atoms with Crippen molar-refractivity contribution in [2.75, 3.05) is 19.6 Å². The Kier molecular flexibility index (Phi) is 5.16. The molecular weight excluding hydrogens is 316 g/mol. The van der Waals surface area contributed by atoms with E-state index in [-0.39, 0.29) is 11.8 Å². The Hall–Kier alpha value is -2.63. The van der Waals surface area contributed by atoms with E-state index in [0.717, 1.165) is 37.2 Å². The van der Waals surface area contributed by atoms with Crippen LogP contribution in [0.5, 0.6) is 0 Å². The SMILES string of the molecule is Cc1nn(C)cc1C(=O)NCC1CCN(C(=O)c2ccccc2)CC1. The summed E-state index contributed by atoms with van der Waals surface area (Å²) in [5, 5.41) is 7.20. The molecule has 1 aromatic carbocycles. The van der Waals surface area contributed by atoms with Crippen molar-refractivity contribution in [3.63, 3.8) is 0 Å². The molecule has 0 saturated carbocycles. The molecule has 132 valence electrons. The molecule has 1 fully saturated rings. The molecular formula is C19H24N4O2. The number of piperidine rings is 1. The molecule has 2 aromatic rings. The van der Waals surface area contributed by atoms with Crippen molar-refractivity contribution < 1.29 is 9.59 Å². The molecule has 1 aliphatic heterocycles. The lowest BCUT2D eigenvalue weighted by atomic mass is 9.96. The summed E-state index contributed by atoms with van der Waals surface area (Å²) in [4.78, 5) is 26.6. The van der Waals surface area contributed by atoms with Crippen LogP contribution in [-0.2, 0) is 7.05 Å². The van der Waals surface area contributed by atoms with Gasteiger partial charge < -0.3 is 10.2 Å². The highest BCUT2D eigenvalue weighted by Gasteiger charge is 2.24. The number of benzene rings is 1. The fourth-order valence-corrected chi connectivity index (χ4v) is 3.26. The van der Waals surface area contributed by atoms with Gasteiger partial charge in [0.2, 0.25) is 0 Å². The molecule has 0 spiro atoms. The van der Waals surface area contributed by atoms with Crippen LogP contribution in [0.3, 0.4) is 0 Å². The molecule has 1 saturated heterocycles. The molecule has 0 aliphatic carbocycles. The normalized spacial score (nSPS) is 15.2. The van der Waals surface area contributed by atoms with E-state index in [1.54, 1.807) is 10.9 Å². The van der Waals surface area contributed by atoms with Crippen molar-refractivity contribution in [2.24, 2.45) is 13.0 Å². The van der Waals surface area contributed by atoms with Crippen molar-refractivity contribution in [2.45, 2.75) is 19.8 Å². The van der Waals surface area contributed by atoms with Crippen molar-refractivity contribution in [3.05, 3.63) is 53.3 Å². The fraction of sp³-hybridized carbons (Fsp3) is 0.421. The Morgan fingerprint density at radius 3 is 2.48 bits per heavy atom. The number of hydrogen-bond donors (Lipinski definition) is 1. The second-order valence-electron chi connectivity index (χ2n) is 6.61. The van der Waals surface area contributed by atoms with Crippen LogP contribution in [-0.4, -0.2) is 46.1 Å². The molecule has 0 bridgehead atoms. The van der Waals surface area contributed by atoms with Crippen LogP contribution >= 0.6 is 0 Å². The highest BCUT2D eigenvalue weighted by molar-refractivity contribution is 5.95. The summed E-state index contributed by atoms with van der Waals surface area (Å²) in [6.45, 7) is 3.95. The predicted octanol–water partition coefficient (Wildman–Crippen LogP) is 2.01. The summed E-state index contributed by atoms with van der Waals surface area (Å²) in [5.41, 5.74) is 2.10. The van der Waals surface area contributed by atoms with E-state index in [2.05, 4.69) is 10.4 Å². The zero-order valence-corrected chi connectivity index (χ0v) is 14.7. The molecule has 1 aliphatic rings. The lowest BCUT2D eigenvalue weighted by Gasteiger charge is -2.32. The Bertz CT molecular complexity index is 746. The molecule has 1 aromatic heterocycles. The molecule has 6 heteroatoms. The third kappa shape index (κ3) is 4.07. The van der Waals surface area contributed by atoms with Gasteiger partial charge >= 0.3 is 0 Å². The second-order valence-corrected chi connectivity index (χ2v) is 6.61. The van der Waals surface area contributed by atoms with Gasteiger partial charge in [-0.1, -0.05) is 18.2 Å². The Morgan fingerprint density at radius 1 is 1.20 bits per heavy atom. The van der Waals surface area contributed by atoms with Gasteiger partial charge in [0.05, 0.1) is 11.3 Å². The van der Waals surface area contributed by atoms with E-state index < -0.39 is 0 Å². The van der Waals surface area contributed by atoms with E-state index in [1.807, 2.05) is 49.2 Å². The number of aryl methyl sites for hydroxylation is 2. The first-order valence-corrected chi connectivity index (χ1v) is 8.67. The van der Waals surface area contributed by atoms with Gasteiger partial charge in [0.1, 0.15) is 0 Å². The van der Waals surface area contributed by atoms with E-state index in [0.29, 0.717) is 18.0 Å². The van der Waals surface area contributed by atoms with E-state index >= 15 is 0 Å². The topological polar surface area (TPSA) is 67.2 Å². The van der Waals surface area contributed by atoms with Crippen molar-refractivity contribution in [1.29, 1.82) is 0 Å². The smallest absolute Gasteiger partial charge is 0.254 e. The summed E-state index contributed by atoms with van der Waals surface area (Å²) in [5.74, 6) is 0.420. The molecule has 25 heavy (non-hydrogen) atoms. The van der Waals surface area contributed by atoms with Crippen LogP contribution in [0.15, 0.2) is 36.5 Å². The average Bonchev–Trinajstić information content (AvgIpc) is 2.98. The van der Waals surface area contributed by atoms with Crippen molar-refractivity contribution >= 4 is 11.8 Å². The van der Waals surface area contributed by atoms with E-state index in [9.17, 15) is 9.59 Å². The predicted molar refractivity (Wildman–Crippen MR) is 95.3 cm³/mol. The number of carbonyl (C=O) groups excluding carboxylic acids is 2. The third-order valence-electron chi connectivity index (χ3n) is 4.73. The summed E-state index contributed by atoms with van der Waals surface area (Å²) < 4.78 is 1.65. The number of aromatic nitrogens is 2. The number of carbonyl (C=O) groups is 2. The average molecular weight is 340 g/mol. The van der Waals surface area contributed by atoms with Crippen LogP contribution in [0.25, 0.3) is 0 Å². The lowest BCUT2D eigenvalue weighted by Crippen LogP contribution is -2.41. The van der Waals surface area contributed by atoms with Crippen molar-refractivity contribution in [1.82, 2.24) is 20.0 Å². The van der Waals surface area contributed by atoms with Gasteiger partial charge in [-0.2, -0.15) is 5.10 Å². The van der Waals surface area contributed by atoms with Crippen LogP contribution < -0.4 is 5.32 Å². The molecule has 6 nitrogen and oxygen atoms in total. The Balaban J connectivity index is 1.47. The quantitative estimate of drug-likeness (QED) is 0.926. The van der Waals surface area contributed by atoms with Crippen LogP contribution in [0.2, 0.25) is 0 Å². The summed E-state index contributed by atoms with van der Waals surface area (Å²) in [7, 11) is 1.81. The minimum atomic E-state index is -0.0756. The minimum Gasteiger partial charge on any atom is -0.352 e. The second kappa shape index (κ2) is 7.51. The maximum atomic E-state index is 12.4. The minimum absolute atomic E-state index is 0.0756. The molecule has 2 amide bonds. The number of likely N-dealkylation sites (tertiary alicyclic amines) is 1. The number of hydrogen-bond acceptors (Lipinski definition) is 3. The number of nitrogens with zero attached hydrogens (tertiary/aromatic N) is 3. The molecule has 3 rings (SSSR count). The summed E-state index contributed by atoms with van der Waals surface area (Å²) in [6, 6.07) is 9.39. The molecule has 1 N–H and O–H groups in total. The fourth-order valence-electron chi connectivity index (χ4n) is 3.26. The zero-order chi connectivity index (χ0) is 17.8. The zero-order valence-electron chi connectivity index (χ0n) is 14.7. The molecule has 0 unspecified atom stereocenters. The molecule has 0 atom stereocenters. The number of rotatable bonds is 4. The summed E-state index contributed by atoms with van der Waals surface area (Å²) in [6.07, 6.45) is 3.56. The third-order valence-corrected chi connectivity index (χ3v) is 4.73. The van der Waals surface area contributed by atoms with Crippen LogP contribution in [0.1, 0.15) is 39.3 Å². The standard InChI is InChI=1S/C19H24N4O2/c1-14-17(13-22(2)21-14)18(24)20-12-15-8-10-23(11-9-15)19(25)16-6-4-3-5-7-16/h3-7,13,15H,8-12H2,1-2H3,(H,20,24). The molecule has 2 heterocycles. The Labute approximate surface area is 147 Å². The maximum absolute atomic E-state index is 12.4. The molecule has 0 radical (unpaired) electrons. The number of amides is 2. The van der Waals surface area contributed by atoms with Gasteiger partial charge in [0.25, 0.3) is 11.8 Å². The first-order valence-electron chi connectivity index (χ1n) is 8.67. The summed E-state index contributed by atoms with van der Waals surface area (Å²) >= 11 is 0. The highest BCUT2D eigenvalue weighted by atomic mass is 16.2. The largest absolute Gasteiger partial charge is 0.352 e. The van der Waals surface area contributed by atoms with Gasteiger partial charge in [-0.3, -0.25) is 14.3 Å². The van der Waals surface area contributed by atoms with Crippen molar-refractivity contribution in [3.8, 4) is 0 Å². The number of nitrogens with one attached hydrogen (secondary N) is 1. The Morgan fingerprint density at radius 2 is 1.88 bits per heavy atom.